The van der Waals surface area contributed by atoms with Crippen molar-refractivity contribution in [3.63, 3.8) is 0 Å². The largest absolute Gasteiger partial charge is 0.392 e. The Kier molecular flexibility index (Phi) is 6.15. The molecule has 1 heterocycles. The molecule has 0 amide bonds. The molecule has 1 aliphatic heterocycles. The van der Waals surface area contributed by atoms with Crippen molar-refractivity contribution >= 4 is 0 Å². The lowest BCUT2D eigenvalue weighted by Crippen LogP contribution is -2.40. The van der Waals surface area contributed by atoms with Crippen molar-refractivity contribution in [2.45, 2.75) is 32.4 Å². The first-order valence-corrected chi connectivity index (χ1v) is 7.87. The zero-order valence-electron chi connectivity index (χ0n) is 13.1. The topological polar surface area (TPSA) is 26.7 Å². The highest BCUT2D eigenvalue weighted by Crippen LogP contribution is 2.19. The maximum Gasteiger partial charge on any atom is 0.127 e. The summed E-state index contributed by atoms with van der Waals surface area (Å²) in [6.45, 7) is 6.41. The first kappa shape index (κ1) is 16.4. The maximum absolute atomic E-state index is 13.6. The lowest BCUT2D eigenvalue weighted by Gasteiger charge is -2.34. The molecule has 0 radical (unpaired) electrons. The van der Waals surface area contributed by atoms with Gasteiger partial charge >= 0.3 is 0 Å². The van der Waals surface area contributed by atoms with Crippen molar-refractivity contribution in [1.82, 2.24) is 9.80 Å². The smallest absolute Gasteiger partial charge is 0.127 e. The number of aliphatic hydroxyl groups is 1. The highest BCUT2D eigenvalue weighted by Gasteiger charge is 2.21. The van der Waals surface area contributed by atoms with Gasteiger partial charge in [-0.05, 0) is 51.9 Å². The monoisotopic (exact) mass is 294 g/mol. The third-order valence-corrected chi connectivity index (χ3v) is 4.20. The van der Waals surface area contributed by atoms with Gasteiger partial charge in [-0.1, -0.05) is 18.2 Å². The Labute approximate surface area is 127 Å². The van der Waals surface area contributed by atoms with E-state index in [1.54, 1.807) is 6.07 Å². The van der Waals surface area contributed by atoms with E-state index in [1.807, 2.05) is 19.1 Å². The SMILES string of the molecule is CC(O)CN1CCC(CN(C)Cc2ccccc2F)CC1. The van der Waals surface area contributed by atoms with E-state index in [-0.39, 0.29) is 11.9 Å². The van der Waals surface area contributed by atoms with Gasteiger partial charge in [0.05, 0.1) is 6.10 Å². The van der Waals surface area contributed by atoms with Gasteiger partial charge in [0, 0.05) is 25.2 Å². The van der Waals surface area contributed by atoms with Crippen LogP contribution in [0, 0.1) is 11.7 Å². The third kappa shape index (κ3) is 5.38. The van der Waals surface area contributed by atoms with Crippen LogP contribution in [0.1, 0.15) is 25.3 Å². The molecular weight excluding hydrogens is 267 g/mol. The molecule has 1 atom stereocenters. The number of likely N-dealkylation sites (tertiary alicyclic amines) is 1. The van der Waals surface area contributed by atoms with Crippen LogP contribution in [0.5, 0.6) is 0 Å². The second-order valence-corrected chi connectivity index (χ2v) is 6.38. The molecule has 21 heavy (non-hydrogen) atoms. The van der Waals surface area contributed by atoms with Crippen molar-refractivity contribution in [3.05, 3.63) is 35.6 Å². The summed E-state index contributed by atoms with van der Waals surface area (Å²) in [5.74, 6) is 0.558. The molecule has 3 nitrogen and oxygen atoms in total. The molecule has 1 N–H and O–H groups in total. The quantitative estimate of drug-likeness (QED) is 0.872. The second kappa shape index (κ2) is 7.87. The minimum Gasteiger partial charge on any atom is -0.392 e. The van der Waals surface area contributed by atoms with Crippen LogP contribution in [0.25, 0.3) is 0 Å². The summed E-state index contributed by atoms with van der Waals surface area (Å²) in [5, 5.41) is 9.42. The predicted molar refractivity (Wildman–Crippen MR) is 83.6 cm³/mol. The first-order chi connectivity index (χ1) is 10.0. The standard InChI is InChI=1S/C17H27FN2O/c1-14(21)11-20-9-7-15(8-10-20)12-19(2)13-16-5-3-4-6-17(16)18/h3-6,14-15,21H,7-13H2,1-2H3. The molecular formula is C17H27FN2O. The van der Waals surface area contributed by atoms with Crippen molar-refractivity contribution in [2.75, 3.05) is 33.2 Å². The third-order valence-electron chi connectivity index (χ3n) is 4.20. The summed E-state index contributed by atoms with van der Waals surface area (Å²) in [7, 11) is 2.06. The molecule has 1 aromatic carbocycles. The van der Waals surface area contributed by atoms with Crippen LogP contribution in [0.2, 0.25) is 0 Å². The zero-order valence-corrected chi connectivity index (χ0v) is 13.1. The highest BCUT2D eigenvalue weighted by atomic mass is 19.1. The number of rotatable bonds is 6. The van der Waals surface area contributed by atoms with Crippen molar-refractivity contribution in [2.24, 2.45) is 5.92 Å². The van der Waals surface area contributed by atoms with Gasteiger partial charge in [-0.15, -0.1) is 0 Å². The van der Waals surface area contributed by atoms with Crippen LogP contribution in [0.15, 0.2) is 24.3 Å². The van der Waals surface area contributed by atoms with E-state index in [2.05, 4.69) is 16.8 Å². The van der Waals surface area contributed by atoms with E-state index in [0.29, 0.717) is 12.5 Å². The number of piperidine rings is 1. The predicted octanol–water partition coefficient (Wildman–Crippen LogP) is 2.35. The number of hydrogen-bond acceptors (Lipinski definition) is 3. The molecule has 1 aromatic rings. The Balaban J connectivity index is 1.74. The minimum atomic E-state index is -0.245. The summed E-state index contributed by atoms with van der Waals surface area (Å²) >= 11 is 0. The summed E-state index contributed by atoms with van der Waals surface area (Å²) in [6, 6.07) is 7.01. The van der Waals surface area contributed by atoms with E-state index < -0.39 is 0 Å². The van der Waals surface area contributed by atoms with Crippen LogP contribution in [-0.2, 0) is 6.54 Å². The number of aliphatic hydroxyl groups excluding tert-OH is 1. The van der Waals surface area contributed by atoms with Crippen LogP contribution in [-0.4, -0.2) is 54.2 Å². The maximum atomic E-state index is 13.6. The van der Waals surface area contributed by atoms with Gasteiger partial charge in [-0.3, -0.25) is 0 Å². The Morgan fingerprint density at radius 2 is 2.00 bits per heavy atom. The molecule has 118 valence electrons. The normalized spacial score (nSPS) is 19.1. The van der Waals surface area contributed by atoms with Crippen molar-refractivity contribution < 1.29 is 9.50 Å². The van der Waals surface area contributed by atoms with Gasteiger partial charge in [0.15, 0.2) is 0 Å². The molecule has 2 rings (SSSR count). The zero-order chi connectivity index (χ0) is 15.2. The number of nitrogens with zero attached hydrogens (tertiary/aromatic N) is 2. The van der Waals surface area contributed by atoms with E-state index >= 15 is 0 Å². The lowest BCUT2D eigenvalue weighted by molar-refractivity contribution is 0.0918. The second-order valence-electron chi connectivity index (χ2n) is 6.38. The Morgan fingerprint density at radius 3 is 2.62 bits per heavy atom. The summed E-state index contributed by atoms with van der Waals surface area (Å²) in [6.07, 6.45) is 2.08. The van der Waals surface area contributed by atoms with Crippen LogP contribution in [0.4, 0.5) is 4.39 Å². The van der Waals surface area contributed by atoms with Gasteiger partial charge in [0.25, 0.3) is 0 Å². The van der Waals surface area contributed by atoms with E-state index in [9.17, 15) is 9.50 Å². The fourth-order valence-corrected chi connectivity index (χ4v) is 3.15. The van der Waals surface area contributed by atoms with Crippen LogP contribution in [0.3, 0.4) is 0 Å². The molecule has 1 fully saturated rings. The molecule has 0 saturated carbocycles. The van der Waals surface area contributed by atoms with E-state index in [1.165, 1.54) is 6.07 Å². The number of halogens is 1. The van der Waals surface area contributed by atoms with Gasteiger partial charge in [-0.2, -0.15) is 0 Å². The van der Waals surface area contributed by atoms with Gasteiger partial charge in [0.2, 0.25) is 0 Å². The van der Waals surface area contributed by atoms with E-state index in [4.69, 9.17) is 0 Å². The van der Waals surface area contributed by atoms with Gasteiger partial charge in [0.1, 0.15) is 5.82 Å². The first-order valence-electron chi connectivity index (χ1n) is 7.87. The van der Waals surface area contributed by atoms with Crippen LogP contribution >= 0.6 is 0 Å². The average Bonchev–Trinajstić information content (AvgIpc) is 2.43. The minimum absolute atomic E-state index is 0.115. The molecule has 0 spiro atoms. The fourth-order valence-electron chi connectivity index (χ4n) is 3.15. The van der Waals surface area contributed by atoms with E-state index in [0.717, 1.165) is 44.6 Å². The summed E-state index contributed by atoms with van der Waals surface area (Å²) < 4.78 is 13.6. The molecule has 0 aliphatic carbocycles. The fraction of sp³-hybridized carbons (Fsp3) is 0.647. The molecule has 0 bridgehead atoms. The molecule has 1 saturated heterocycles. The summed E-state index contributed by atoms with van der Waals surface area (Å²) in [4.78, 5) is 4.55. The van der Waals surface area contributed by atoms with Crippen molar-refractivity contribution in [1.29, 1.82) is 0 Å². The molecule has 1 unspecified atom stereocenters. The lowest BCUT2D eigenvalue weighted by atomic mass is 9.96. The highest BCUT2D eigenvalue weighted by molar-refractivity contribution is 5.16. The summed E-state index contributed by atoms with van der Waals surface area (Å²) in [5.41, 5.74) is 0.770. The number of benzene rings is 1. The average molecular weight is 294 g/mol. The Morgan fingerprint density at radius 1 is 1.33 bits per heavy atom. The number of hydrogen-bond donors (Lipinski definition) is 1. The molecule has 1 aliphatic rings. The van der Waals surface area contributed by atoms with Gasteiger partial charge in [-0.25, -0.2) is 4.39 Å². The van der Waals surface area contributed by atoms with Crippen molar-refractivity contribution in [3.8, 4) is 0 Å². The molecule has 0 aromatic heterocycles. The van der Waals surface area contributed by atoms with Crippen LogP contribution < -0.4 is 0 Å². The Hall–Kier alpha value is -0.970. The molecule has 4 heteroatoms. The number of β-amino-alcohol motifs (C(OH)–C–C–N with tert-alkyl or cyclic N) is 1. The van der Waals surface area contributed by atoms with Gasteiger partial charge < -0.3 is 14.9 Å². The Bertz CT molecular complexity index is 431.